The summed E-state index contributed by atoms with van der Waals surface area (Å²) in [6.07, 6.45) is 7.72. The zero-order chi connectivity index (χ0) is 21.1. The predicted octanol–water partition coefficient (Wildman–Crippen LogP) is 6.77. The first-order chi connectivity index (χ1) is 13.5. The number of hydrogen-bond acceptors (Lipinski definition) is 2. The predicted molar refractivity (Wildman–Crippen MR) is 102 cm³/mol. The molecule has 0 aliphatic heterocycles. The van der Waals surface area contributed by atoms with Crippen LogP contribution in [0, 0.1) is 29.1 Å². The van der Waals surface area contributed by atoms with Crippen molar-refractivity contribution < 1.29 is 27.1 Å². The summed E-state index contributed by atoms with van der Waals surface area (Å²) in [5, 5.41) is 0. The first kappa shape index (κ1) is 21.4. The van der Waals surface area contributed by atoms with Gasteiger partial charge in [0.25, 0.3) is 0 Å². The Kier molecular flexibility index (Phi) is 5.26. The van der Waals surface area contributed by atoms with Crippen LogP contribution >= 0.6 is 0 Å². The van der Waals surface area contributed by atoms with Gasteiger partial charge in [-0.3, -0.25) is 4.79 Å². The van der Waals surface area contributed by atoms with Gasteiger partial charge in [0, 0.05) is 12.3 Å². The van der Waals surface area contributed by atoms with E-state index < -0.39 is 28.8 Å². The van der Waals surface area contributed by atoms with Gasteiger partial charge in [-0.2, -0.15) is 17.6 Å². The van der Waals surface area contributed by atoms with E-state index in [4.69, 9.17) is 4.74 Å². The molecule has 5 rings (SSSR count). The monoisotopic (exact) mass is 418 g/mol. The minimum absolute atomic E-state index is 0.0269. The molecule has 2 nitrogen and oxygen atoms in total. The fraction of sp³-hybridized carbons (Fsp3) is 0.957. The third-order valence-corrected chi connectivity index (χ3v) is 9.16. The standard InChI is InChI=1S/C23H34F4O2/c1-15-3-5-17(6-4-15)18-7-9-19(10-8-18)20-11-13-21(14-12-20,29-16(2)28)23(26,27)22(20,24)25/h15,17-19H,3-14H2,1-2H3. The molecule has 0 atom stereocenters. The Morgan fingerprint density at radius 3 is 1.72 bits per heavy atom. The average molecular weight is 419 g/mol. The summed E-state index contributed by atoms with van der Waals surface area (Å²) in [4.78, 5) is 11.4. The fourth-order valence-electron chi connectivity index (χ4n) is 7.33. The first-order valence-corrected chi connectivity index (χ1v) is 11.5. The maximum atomic E-state index is 15.4. The average Bonchev–Trinajstić information content (AvgIpc) is 2.67. The zero-order valence-electron chi connectivity index (χ0n) is 17.6. The van der Waals surface area contributed by atoms with Crippen LogP contribution in [0.15, 0.2) is 0 Å². The Morgan fingerprint density at radius 1 is 0.759 bits per heavy atom. The largest absolute Gasteiger partial charge is 0.453 e. The minimum Gasteiger partial charge on any atom is -0.453 e. The van der Waals surface area contributed by atoms with Crippen molar-refractivity contribution in [1.29, 1.82) is 0 Å². The van der Waals surface area contributed by atoms with E-state index in [1.54, 1.807) is 0 Å². The molecule has 5 fully saturated rings. The highest BCUT2D eigenvalue weighted by molar-refractivity contribution is 5.67. The summed E-state index contributed by atoms with van der Waals surface area (Å²) >= 11 is 0. The quantitative estimate of drug-likeness (QED) is 0.374. The Bertz CT molecular complexity index is 623. The van der Waals surface area contributed by atoms with Crippen LogP contribution in [0.25, 0.3) is 0 Å². The van der Waals surface area contributed by atoms with Gasteiger partial charge in [0.2, 0.25) is 0 Å². The van der Waals surface area contributed by atoms with E-state index in [9.17, 15) is 4.79 Å². The molecule has 6 heteroatoms. The van der Waals surface area contributed by atoms with E-state index >= 15 is 17.6 Å². The van der Waals surface area contributed by atoms with Crippen molar-refractivity contribution in [3.05, 3.63) is 0 Å². The molecule has 0 aromatic carbocycles. The van der Waals surface area contributed by atoms with Crippen LogP contribution in [0.3, 0.4) is 0 Å². The zero-order valence-corrected chi connectivity index (χ0v) is 17.6. The molecule has 5 aliphatic carbocycles. The van der Waals surface area contributed by atoms with E-state index in [1.165, 1.54) is 25.7 Å². The summed E-state index contributed by atoms with van der Waals surface area (Å²) in [5.74, 6) is -7.68. The van der Waals surface area contributed by atoms with Crippen LogP contribution in [0.1, 0.15) is 90.9 Å². The van der Waals surface area contributed by atoms with Gasteiger partial charge >= 0.3 is 17.8 Å². The van der Waals surface area contributed by atoms with Gasteiger partial charge in [-0.05, 0) is 87.9 Å². The summed E-state index contributed by atoms with van der Waals surface area (Å²) < 4.78 is 65.8. The molecule has 0 N–H and O–H groups in total. The highest BCUT2D eigenvalue weighted by Gasteiger charge is 2.84. The van der Waals surface area contributed by atoms with Gasteiger partial charge in [0.05, 0.1) is 0 Å². The number of carbonyl (C=O) groups excluding carboxylic acids is 1. The van der Waals surface area contributed by atoms with Crippen LogP contribution in [0.2, 0.25) is 0 Å². The van der Waals surface area contributed by atoms with Gasteiger partial charge in [-0.15, -0.1) is 0 Å². The molecule has 5 aliphatic rings. The van der Waals surface area contributed by atoms with Crippen molar-refractivity contribution >= 4 is 5.97 Å². The van der Waals surface area contributed by atoms with Gasteiger partial charge in [-0.25, -0.2) is 0 Å². The maximum absolute atomic E-state index is 15.4. The molecule has 0 radical (unpaired) electrons. The van der Waals surface area contributed by atoms with Crippen LogP contribution in [0.4, 0.5) is 17.6 Å². The van der Waals surface area contributed by atoms with Crippen molar-refractivity contribution in [2.24, 2.45) is 29.1 Å². The number of halogens is 4. The number of hydrogen-bond donors (Lipinski definition) is 0. The highest BCUT2D eigenvalue weighted by Crippen LogP contribution is 2.71. The highest BCUT2D eigenvalue weighted by atomic mass is 19.3. The summed E-state index contributed by atoms with van der Waals surface area (Å²) in [5.41, 5.74) is -3.98. The second-order valence-corrected chi connectivity index (χ2v) is 10.5. The smallest absolute Gasteiger partial charge is 0.349 e. The summed E-state index contributed by atoms with van der Waals surface area (Å²) in [6, 6.07) is 0. The van der Waals surface area contributed by atoms with Crippen LogP contribution in [-0.2, 0) is 9.53 Å². The molecule has 0 amide bonds. The molecule has 0 unspecified atom stereocenters. The molecular weight excluding hydrogens is 384 g/mol. The molecule has 166 valence electrons. The number of ether oxygens (including phenoxy) is 1. The first-order valence-electron chi connectivity index (χ1n) is 11.5. The third kappa shape index (κ3) is 3.05. The molecule has 0 aromatic heterocycles. The van der Waals surface area contributed by atoms with Crippen molar-refractivity contribution in [2.75, 3.05) is 0 Å². The van der Waals surface area contributed by atoms with E-state index in [2.05, 4.69) is 6.92 Å². The summed E-state index contributed by atoms with van der Waals surface area (Å²) in [7, 11) is 0. The molecule has 0 heterocycles. The van der Waals surface area contributed by atoms with Crippen LogP contribution in [-0.4, -0.2) is 23.4 Å². The van der Waals surface area contributed by atoms with Gasteiger partial charge < -0.3 is 4.74 Å². The number of fused-ring (bicyclic) bond motifs is 3. The Balaban J connectivity index is 1.49. The minimum atomic E-state index is -4.31. The number of esters is 1. The van der Waals surface area contributed by atoms with Crippen LogP contribution < -0.4 is 0 Å². The Labute approximate surface area is 171 Å². The van der Waals surface area contributed by atoms with Gasteiger partial charge in [-0.1, -0.05) is 19.8 Å². The van der Waals surface area contributed by atoms with E-state index in [-0.39, 0.29) is 31.6 Å². The fourth-order valence-corrected chi connectivity index (χ4v) is 7.33. The lowest BCUT2D eigenvalue weighted by atomic mass is 9.48. The maximum Gasteiger partial charge on any atom is 0.349 e. The van der Waals surface area contributed by atoms with E-state index in [0.717, 1.165) is 25.7 Å². The number of rotatable bonds is 3. The lowest BCUT2D eigenvalue weighted by Crippen LogP contribution is -2.75. The SMILES string of the molecule is CC(=O)OC12CCC(C3CCC(C4CCC(C)CC4)CC3)(CC1)C(F)(F)C2(F)F. The second kappa shape index (κ2) is 7.12. The van der Waals surface area contributed by atoms with E-state index in [0.29, 0.717) is 24.7 Å². The topological polar surface area (TPSA) is 26.3 Å². The lowest BCUT2D eigenvalue weighted by molar-refractivity contribution is -0.393. The Morgan fingerprint density at radius 2 is 1.24 bits per heavy atom. The number of carbonyl (C=O) groups is 1. The molecule has 5 saturated carbocycles. The van der Waals surface area contributed by atoms with Crippen molar-refractivity contribution in [3.8, 4) is 0 Å². The second-order valence-electron chi connectivity index (χ2n) is 10.5. The summed E-state index contributed by atoms with van der Waals surface area (Å²) in [6.45, 7) is 3.31. The van der Waals surface area contributed by atoms with E-state index in [1.807, 2.05) is 0 Å². The molecule has 0 spiro atoms. The molecular formula is C23H34F4O2. The Hall–Kier alpha value is -0.810. The van der Waals surface area contributed by atoms with Gasteiger partial charge in [0.15, 0.2) is 5.60 Å². The van der Waals surface area contributed by atoms with Crippen molar-refractivity contribution in [2.45, 2.75) is 108 Å². The molecule has 0 saturated heterocycles. The van der Waals surface area contributed by atoms with Crippen molar-refractivity contribution in [1.82, 2.24) is 0 Å². The molecule has 2 bridgehead atoms. The molecule has 0 aromatic rings. The van der Waals surface area contributed by atoms with Gasteiger partial charge in [0.1, 0.15) is 0 Å². The normalized spacial score (nSPS) is 46.3. The third-order valence-electron chi connectivity index (χ3n) is 9.16. The van der Waals surface area contributed by atoms with Crippen LogP contribution in [0.5, 0.6) is 0 Å². The number of alkyl halides is 4. The molecule has 29 heavy (non-hydrogen) atoms. The lowest BCUT2D eigenvalue weighted by Gasteiger charge is -2.63. The van der Waals surface area contributed by atoms with Crippen molar-refractivity contribution in [3.63, 3.8) is 0 Å².